The molecular weight excluding hydrogens is 200 g/mol. The van der Waals surface area contributed by atoms with Crippen molar-refractivity contribution >= 4 is 5.91 Å². The highest BCUT2D eigenvalue weighted by Crippen LogP contribution is 2.60. The summed E-state index contributed by atoms with van der Waals surface area (Å²) < 4.78 is 0. The smallest absolute Gasteiger partial charge is 0.221 e. The molecule has 1 unspecified atom stereocenters. The molecule has 3 rings (SSSR count). The SMILES string of the molecule is NC(CC(=O)NCC1(C2CC2)CC1)C1CC1. The largest absolute Gasteiger partial charge is 0.355 e. The molecule has 3 N–H and O–H groups in total. The van der Waals surface area contributed by atoms with Crippen molar-refractivity contribution in [2.45, 2.75) is 51.0 Å². The van der Waals surface area contributed by atoms with Crippen LogP contribution in [0.1, 0.15) is 44.9 Å². The van der Waals surface area contributed by atoms with Crippen molar-refractivity contribution < 1.29 is 4.79 Å². The quantitative estimate of drug-likeness (QED) is 0.714. The zero-order chi connectivity index (χ0) is 11.2. The molecule has 3 saturated carbocycles. The van der Waals surface area contributed by atoms with Crippen molar-refractivity contribution in [2.24, 2.45) is 23.0 Å². The fraction of sp³-hybridized carbons (Fsp3) is 0.923. The maximum Gasteiger partial charge on any atom is 0.221 e. The number of nitrogens with one attached hydrogen (secondary N) is 1. The summed E-state index contributed by atoms with van der Waals surface area (Å²) in [6.07, 6.45) is 8.40. The Bertz CT molecular complexity index is 290. The zero-order valence-corrected chi connectivity index (χ0v) is 9.87. The van der Waals surface area contributed by atoms with Crippen molar-refractivity contribution in [3.05, 3.63) is 0 Å². The molecule has 3 nitrogen and oxygen atoms in total. The molecule has 1 amide bonds. The van der Waals surface area contributed by atoms with Gasteiger partial charge in [0.15, 0.2) is 0 Å². The Morgan fingerprint density at radius 3 is 2.50 bits per heavy atom. The van der Waals surface area contributed by atoms with Crippen LogP contribution >= 0.6 is 0 Å². The highest BCUT2D eigenvalue weighted by atomic mass is 16.1. The van der Waals surface area contributed by atoms with E-state index in [0.29, 0.717) is 17.8 Å². The lowest BCUT2D eigenvalue weighted by molar-refractivity contribution is -0.121. The summed E-state index contributed by atoms with van der Waals surface area (Å²) in [6.45, 7) is 0.911. The first-order valence-corrected chi connectivity index (χ1v) is 6.72. The first-order chi connectivity index (χ1) is 7.70. The molecule has 0 spiro atoms. The fourth-order valence-corrected chi connectivity index (χ4v) is 2.84. The molecule has 0 aliphatic heterocycles. The molecule has 3 aliphatic carbocycles. The van der Waals surface area contributed by atoms with Gasteiger partial charge in [0.1, 0.15) is 0 Å². The van der Waals surface area contributed by atoms with Crippen LogP contribution in [0.25, 0.3) is 0 Å². The van der Waals surface area contributed by atoms with E-state index in [1.54, 1.807) is 0 Å². The molecule has 0 radical (unpaired) electrons. The summed E-state index contributed by atoms with van der Waals surface area (Å²) >= 11 is 0. The lowest BCUT2D eigenvalue weighted by Gasteiger charge is -2.16. The number of carbonyl (C=O) groups excluding carboxylic acids is 1. The van der Waals surface area contributed by atoms with Gasteiger partial charge in [0.2, 0.25) is 5.91 Å². The van der Waals surface area contributed by atoms with Gasteiger partial charge in [-0.2, -0.15) is 0 Å². The van der Waals surface area contributed by atoms with E-state index in [9.17, 15) is 4.79 Å². The fourth-order valence-electron chi connectivity index (χ4n) is 2.84. The molecule has 0 aromatic heterocycles. The summed E-state index contributed by atoms with van der Waals surface area (Å²) in [5, 5.41) is 3.10. The summed E-state index contributed by atoms with van der Waals surface area (Å²) in [6, 6.07) is 0.107. The second-order valence-corrected chi connectivity index (χ2v) is 6.12. The summed E-state index contributed by atoms with van der Waals surface area (Å²) in [5.41, 5.74) is 6.46. The van der Waals surface area contributed by atoms with Gasteiger partial charge in [0.05, 0.1) is 0 Å². The number of hydrogen-bond donors (Lipinski definition) is 2. The zero-order valence-electron chi connectivity index (χ0n) is 9.87. The van der Waals surface area contributed by atoms with Crippen LogP contribution in [0.3, 0.4) is 0 Å². The lowest BCUT2D eigenvalue weighted by Crippen LogP contribution is -2.36. The van der Waals surface area contributed by atoms with Gasteiger partial charge in [-0.05, 0) is 55.8 Å². The third-order valence-electron chi connectivity index (χ3n) is 4.62. The van der Waals surface area contributed by atoms with Crippen LogP contribution in [0.2, 0.25) is 0 Å². The van der Waals surface area contributed by atoms with Gasteiger partial charge in [-0.3, -0.25) is 4.79 Å². The average Bonchev–Trinajstić information content (AvgIpc) is 3.17. The van der Waals surface area contributed by atoms with E-state index < -0.39 is 0 Å². The van der Waals surface area contributed by atoms with Gasteiger partial charge >= 0.3 is 0 Å². The van der Waals surface area contributed by atoms with Gasteiger partial charge in [0, 0.05) is 19.0 Å². The van der Waals surface area contributed by atoms with E-state index in [2.05, 4.69) is 5.32 Å². The normalized spacial score (nSPS) is 28.6. The van der Waals surface area contributed by atoms with Crippen molar-refractivity contribution in [1.82, 2.24) is 5.32 Å². The third-order valence-corrected chi connectivity index (χ3v) is 4.62. The van der Waals surface area contributed by atoms with Gasteiger partial charge in [0.25, 0.3) is 0 Å². The van der Waals surface area contributed by atoms with Gasteiger partial charge in [-0.25, -0.2) is 0 Å². The molecule has 0 heterocycles. The Balaban J connectivity index is 1.39. The topological polar surface area (TPSA) is 55.1 Å². The Labute approximate surface area is 97.2 Å². The van der Waals surface area contributed by atoms with Crippen molar-refractivity contribution in [3.63, 3.8) is 0 Å². The Kier molecular flexibility index (Phi) is 2.46. The molecule has 0 bridgehead atoms. The minimum atomic E-state index is 0.107. The van der Waals surface area contributed by atoms with Gasteiger partial charge in [-0.1, -0.05) is 0 Å². The van der Waals surface area contributed by atoms with Crippen molar-refractivity contribution in [1.29, 1.82) is 0 Å². The predicted octanol–water partition coefficient (Wildman–Crippen LogP) is 1.42. The number of hydrogen-bond acceptors (Lipinski definition) is 2. The standard InChI is InChI=1S/C13H22N2O/c14-11(9-1-2-9)7-12(16)15-8-13(5-6-13)10-3-4-10/h9-11H,1-8,14H2,(H,15,16). The number of carbonyl (C=O) groups is 1. The van der Waals surface area contributed by atoms with E-state index in [1.165, 1.54) is 38.5 Å². The molecule has 3 heteroatoms. The molecular formula is C13H22N2O. The van der Waals surface area contributed by atoms with E-state index in [1.807, 2.05) is 0 Å². The molecule has 90 valence electrons. The van der Waals surface area contributed by atoms with Crippen LogP contribution in [-0.4, -0.2) is 18.5 Å². The second-order valence-electron chi connectivity index (χ2n) is 6.12. The number of rotatable bonds is 6. The summed E-state index contributed by atoms with van der Waals surface area (Å²) in [7, 11) is 0. The average molecular weight is 222 g/mol. The van der Waals surface area contributed by atoms with Crippen LogP contribution in [0.5, 0.6) is 0 Å². The first-order valence-electron chi connectivity index (χ1n) is 6.72. The molecule has 0 aromatic rings. The lowest BCUT2D eigenvalue weighted by atomic mass is 10.0. The molecule has 3 fully saturated rings. The molecule has 3 aliphatic rings. The molecule has 16 heavy (non-hydrogen) atoms. The van der Waals surface area contributed by atoms with E-state index in [4.69, 9.17) is 5.73 Å². The van der Waals surface area contributed by atoms with Crippen LogP contribution in [-0.2, 0) is 4.79 Å². The maximum absolute atomic E-state index is 11.7. The molecule has 0 saturated heterocycles. The third kappa shape index (κ3) is 2.24. The number of nitrogens with two attached hydrogens (primary N) is 1. The maximum atomic E-state index is 11.7. The van der Waals surface area contributed by atoms with Crippen molar-refractivity contribution in [3.8, 4) is 0 Å². The minimum Gasteiger partial charge on any atom is -0.355 e. The minimum absolute atomic E-state index is 0.107. The Morgan fingerprint density at radius 1 is 1.31 bits per heavy atom. The van der Waals surface area contributed by atoms with Gasteiger partial charge < -0.3 is 11.1 Å². The predicted molar refractivity (Wildman–Crippen MR) is 62.7 cm³/mol. The van der Waals surface area contributed by atoms with E-state index in [0.717, 1.165) is 12.5 Å². The summed E-state index contributed by atoms with van der Waals surface area (Å²) in [5.74, 6) is 1.72. The Morgan fingerprint density at radius 2 is 2.00 bits per heavy atom. The highest BCUT2D eigenvalue weighted by molar-refractivity contribution is 5.76. The van der Waals surface area contributed by atoms with Crippen LogP contribution in [0, 0.1) is 17.3 Å². The van der Waals surface area contributed by atoms with E-state index >= 15 is 0 Å². The van der Waals surface area contributed by atoms with Crippen LogP contribution in [0.15, 0.2) is 0 Å². The van der Waals surface area contributed by atoms with Crippen LogP contribution in [0.4, 0.5) is 0 Å². The molecule has 1 atom stereocenters. The summed E-state index contributed by atoms with van der Waals surface area (Å²) in [4.78, 5) is 11.7. The molecule has 0 aromatic carbocycles. The van der Waals surface area contributed by atoms with Crippen LogP contribution < -0.4 is 11.1 Å². The first kappa shape index (κ1) is 10.6. The second kappa shape index (κ2) is 3.73. The number of amides is 1. The monoisotopic (exact) mass is 222 g/mol. The van der Waals surface area contributed by atoms with Gasteiger partial charge in [-0.15, -0.1) is 0 Å². The highest BCUT2D eigenvalue weighted by Gasteiger charge is 2.53. The van der Waals surface area contributed by atoms with Crippen molar-refractivity contribution in [2.75, 3.05) is 6.54 Å². The Hall–Kier alpha value is -0.570. The van der Waals surface area contributed by atoms with E-state index in [-0.39, 0.29) is 11.9 Å².